The van der Waals surface area contributed by atoms with Gasteiger partial charge in [0.15, 0.2) is 12.6 Å². The van der Waals surface area contributed by atoms with E-state index in [0.717, 1.165) is 24.2 Å². The molecule has 3 aromatic rings. The zero-order valence-corrected chi connectivity index (χ0v) is 15.4. The van der Waals surface area contributed by atoms with E-state index in [0.29, 0.717) is 18.1 Å². The van der Waals surface area contributed by atoms with Crippen LogP contribution >= 0.6 is 0 Å². The Balaban J connectivity index is 1.32. The molecular weight excluding hydrogens is 340 g/mol. The van der Waals surface area contributed by atoms with Gasteiger partial charge in [0.1, 0.15) is 11.4 Å². The third-order valence-electron chi connectivity index (χ3n) is 5.41. The lowest BCUT2D eigenvalue weighted by molar-refractivity contribution is -0.716. The highest BCUT2D eigenvalue weighted by atomic mass is 16.7. The number of rotatable bonds is 2. The molecule has 1 spiro atoms. The molecule has 1 aromatic carbocycles. The summed E-state index contributed by atoms with van der Waals surface area (Å²) in [4.78, 5) is 10.4. The molecule has 6 heteroatoms. The number of ether oxygens (including phenoxy) is 1. The van der Waals surface area contributed by atoms with Crippen molar-refractivity contribution in [2.24, 2.45) is 12.2 Å². The Kier molecular flexibility index (Phi) is 3.53. The van der Waals surface area contributed by atoms with Crippen molar-refractivity contribution in [2.45, 2.75) is 31.8 Å². The van der Waals surface area contributed by atoms with Crippen LogP contribution in [-0.2, 0) is 23.9 Å². The minimum Gasteiger partial charge on any atom is -0.438 e. The van der Waals surface area contributed by atoms with Crippen LogP contribution in [0.1, 0.15) is 29.5 Å². The van der Waals surface area contributed by atoms with Crippen LogP contribution in [0.25, 0.3) is 11.4 Å². The number of aromatic nitrogens is 3. The minimum atomic E-state index is -0.370. The van der Waals surface area contributed by atoms with Gasteiger partial charge >= 0.3 is 0 Å². The maximum Gasteiger partial charge on any atom is 0.256 e. The first-order valence-corrected chi connectivity index (χ1v) is 9.16. The maximum atomic E-state index is 5.95. The van der Waals surface area contributed by atoms with Gasteiger partial charge in [-0.05, 0) is 37.5 Å². The SMILES string of the molecule is Cc1ccc2c(c1)CC[C@]21CC(Oc2ccc(-c3cc[nH][n+]3C)nc2)=NO1. The van der Waals surface area contributed by atoms with E-state index < -0.39 is 0 Å². The van der Waals surface area contributed by atoms with Gasteiger partial charge in [-0.3, -0.25) is 0 Å². The summed E-state index contributed by atoms with van der Waals surface area (Å²) >= 11 is 0. The normalized spacial score (nSPS) is 20.4. The zero-order valence-electron chi connectivity index (χ0n) is 15.4. The highest BCUT2D eigenvalue weighted by molar-refractivity contribution is 5.81. The van der Waals surface area contributed by atoms with E-state index >= 15 is 0 Å². The number of H-pyrrole nitrogens is 1. The Morgan fingerprint density at radius 1 is 1.22 bits per heavy atom. The summed E-state index contributed by atoms with van der Waals surface area (Å²) in [5.74, 6) is 1.27. The number of aryl methyl sites for hydroxylation is 3. The van der Waals surface area contributed by atoms with Crippen LogP contribution in [0.3, 0.4) is 0 Å². The van der Waals surface area contributed by atoms with Gasteiger partial charge in [-0.1, -0.05) is 28.9 Å². The molecule has 6 nitrogen and oxygen atoms in total. The highest BCUT2D eigenvalue weighted by Crippen LogP contribution is 2.46. The van der Waals surface area contributed by atoms with E-state index in [2.05, 4.69) is 40.4 Å². The van der Waals surface area contributed by atoms with Crippen molar-refractivity contribution in [3.8, 4) is 17.1 Å². The lowest BCUT2D eigenvalue weighted by Crippen LogP contribution is -2.31. The first kappa shape index (κ1) is 16.1. The molecule has 0 bridgehead atoms. The fourth-order valence-corrected chi connectivity index (χ4v) is 4.02. The molecule has 0 unspecified atom stereocenters. The molecule has 27 heavy (non-hydrogen) atoms. The number of nitrogens with one attached hydrogen (secondary N) is 1. The number of pyridine rings is 1. The number of hydrogen-bond acceptors (Lipinski definition) is 4. The Labute approximate surface area is 157 Å². The van der Waals surface area contributed by atoms with E-state index in [-0.39, 0.29) is 5.60 Å². The van der Waals surface area contributed by atoms with Gasteiger partial charge in [-0.15, -0.1) is 4.68 Å². The van der Waals surface area contributed by atoms with E-state index in [1.807, 2.05) is 36.1 Å². The standard InChI is InChI=1S/C21H20N4O2/c1-14-3-5-17-15(11-14)7-9-21(17)12-20(24-27-21)26-16-4-6-18(22-13-16)19-8-10-23-25(19)2/h3-6,8,10-11,13H,7,9,12H2,1-2H3/p+1/t21-/m0/s1. The van der Waals surface area contributed by atoms with E-state index in [9.17, 15) is 0 Å². The van der Waals surface area contributed by atoms with Crippen LogP contribution in [0.2, 0.25) is 0 Å². The molecule has 0 saturated heterocycles. The summed E-state index contributed by atoms with van der Waals surface area (Å²) in [5, 5.41) is 7.32. The van der Waals surface area contributed by atoms with Crippen LogP contribution < -0.4 is 9.42 Å². The van der Waals surface area contributed by atoms with Gasteiger partial charge in [0.2, 0.25) is 5.90 Å². The summed E-state index contributed by atoms with van der Waals surface area (Å²) in [7, 11) is 1.95. The van der Waals surface area contributed by atoms with Crippen LogP contribution in [0, 0.1) is 6.92 Å². The molecule has 0 fully saturated rings. The van der Waals surface area contributed by atoms with Crippen LogP contribution in [0.5, 0.6) is 5.75 Å². The van der Waals surface area contributed by atoms with Gasteiger partial charge < -0.3 is 9.57 Å². The summed E-state index contributed by atoms with van der Waals surface area (Å²) < 4.78 is 7.87. The molecular formula is C21H21N4O2+. The fraction of sp³-hybridized carbons (Fsp3) is 0.286. The average Bonchev–Trinajstić information content (AvgIpc) is 3.36. The number of fused-ring (bicyclic) bond motifs is 2. The number of nitrogens with zero attached hydrogens (tertiary/aromatic N) is 3. The minimum absolute atomic E-state index is 0.370. The highest BCUT2D eigenvalue weighted by Gasteiger charge is 2.46. The number of benzene rings is 1. The van der Waals surface area contributed by atoms with Crippen molar-refractivity contribution in [1.82, 2.24) is 10.1 Å². The summed E-state index contributed by atoms with van der Waals surface area (Å²) in [6, 6.07) is 12.4. The molecule has 136 valence electrons. The lowest BCUT2D eigenvalue weighted by atomic mass is 9.92. The van der Waals surface area contributed by atoms with Crippen molar-refractivity contribution in [1.29, 1.82) is 0 Å². The topological polar surface area (TPSA) is 63.4 Å². The number of aromatic amines is 1. The molecule has 2 aliphatic rings. The van der Waals surface area contributed by atoms with Crippen LogP contribution in [-0.4, -0.2) is 16.0 Å². The quantitative estimate of drug-likeness (QED) is 0.713. The Morgan fingerprint density at radius 3 is 2.93 bits per heavy atom. The average molecular weight is 361 g/mol. The molecule has 1 atom stereocenters. The van der Waals surface area contributed by atoms with Crippen LogP contribution in [0.15, 0.2) is 53.9 Å². The van der Waals surface area contributed by atoms with Gasteiger partial charge in [0.05, 0.1) is 18.8 Å². The number of oxime groups is 1. The molecule has 1 N–H and O–H groups in total. The molecule has 5 rings (SSSR count). The van der Waals surface area contributed by atoms with E-state index in [1.165, 1.54) is 16.7 Å². The second-order valence-electron chi connectivity index (χ2n) is 7.30. The Hall–Kier alpha value is -3.15. The zero-order chi connectivity index (χ0) is 18.4. The molecule has 1 aliphatic carbocycles. The van der Waals surface area contributed by atoms with E-state index in [4.69, 9.17) is 9.57 Å². The van der Waals surface area contributed by atoms with Crippen LogP contribution in [0.4, 0.5) is 0 Å². The van der Waals surface area contributed by atoms with Gasteiger partial charge in [0.25, 0.3) is 5.69 Å². The van der Waals surface area contributed by atoms with E-state index in [1.54, 1.807) is 6.20 Å². The van der Waals surface area contributed by atoms with Crippen molar-refractivity contribution in [3.05, 3.63) is 65.5 Å². The molecule has 0 radical (unpaired) electrons. The third-order valence-corrected chi connectivity index (χ3v) is 5.41. The second-order valence-corrected chi connectivity index (χ2v) is 7.30. The first-order valence-electron chi connectivity index (χ1n) is 9.16. The summed E-state index contributed by atoms with van der Waals surface area (Å²) in [6.07, 6.45) is 6.21. The maximum absolute atomic E-state index is 5.95. The smallest absolute Gasteiger partial charge is 0.256 e. The molecule has 0 amide bonds. The monoisotopic (exact) mass is 361 g/mol. The summed E-state index contributed by atoms with van der Waals surface area (Å²) in [6.45, 7) is 2.12. The van der Waals surface area contributed by atoms with Gasteiger partial charge in [-0.25, -0.2) is 4.98 Å². The van der Waals surface area contributed by atoms with Crippen molar-refractivity contribution in [2.75, 3.05) is 0 Å². The predicted octanol–water partition coefficient (Wildman–Crippen LogP) is 3.16. The Morgan fingerprint density at radius 2 is 2.15 bits per heavy atom. The Bertz CT molecular complexity index is 1040. The largest absolute Gasteiger partial charge is 0.438 e. The summed E-state index contributed by atoms with van der Waals surface area (Å²) in [5.41, 5.74) is 5.40. The predicted molar refractivity (Wildman–Crippen MR) is 100 cm³/mol. The van der Waals surface area contributed by atoms with Gasteiger partial charge in [-0.2, -0.15) is 5.10 Å². The van der Waals surface area contributed by atoms with Crippen molar-refractivity contribution in [3.63, 3.8) is 0 Å². The fourth-order valence-electron chi connectivity index (χ4n) is 4.02. The lowest BCUT2D eigenvalue weighted by Gasteiger charge is -2.21. The third kappa shape index (κ3) is 2.68. The molecule has 2 aromatic heterocycles. The van der Waals surface area contributed by atoms with Crippen molar-refractivity contribution < 1.29 is 14.3 Å². The molecule has 0 saturated carbocycles. The first-order chi connectivity index (χ1) is 13.1. The molecule has 3 heterocycles. The van der Waals surface area contributed by atoms with Crippen molar-refractivity contribution >= 4 is 5.90 Å². The number of hydrogen-bond donors (Lipinski definition) is 1. The van der Waals surface area contributed by atoms with Gasteiger partial charge in [0, 0.05) is 11.6 Å². The second kappa shape index (κ2) is 5.94. The molecule has 1 aliphatic heterocycles.